The maximum absolute atomic E-state index is 10.5. The smallest absolute Gasteiger partial charge is 0.327 e. The molecule has 0 rings (SSSR count). The van der Waals surface area contributed by atoms with E-state index in [1.165, 1.54) is 6.92 Å². The van der Waals surface area contributed by atoms with Crippen molar-refractivity contribution >= 4 is 28.9 Å². The van der Waals surface area contributed by atoms with Crippen LogP contribution in [0.15, 0.2) is 0 Å². The second kappa shape index (κ2) is 5.41. The van der Waals surface area contributed by atoms with E-state index in [0.717, 1.165) is 0 Å². The molecule has 74 valence electrons. The number of carbonyl (C=O) groups is 3. The molecule has 0 aromatic carbocycles. The first kappa shape index (κ1) is 11.8. The molecule has 0 fully saturated rings. The predicted molar refractivity (Wildman–Crippen MR) is 47.3 cm³/mol. The average molecular weight is 206 g/mol. The number of amides is 2. The van der Waals surface area contributed by atoms with Gasteiger partial charge in [0.05, 0.1) is 0 Å². The van der Waals surface area contributed by atoms with E-state index >= 15 is 0 Å². The van der Waals surface area contributed by atoms with Crippen LogP contribution in [0.2, 0.25) is 0 Å². The summed E-state index contributed by atoms with van der Waals surface area (Å²) in [6, 6.07) is -1.07. The van der Waals surface area contributed by atoms with Crippen LogP contribution < -0.4 is 11.1 Å². The number of carbonyl (C=O) groups excluding carboxylic acids is 2. The Morgan fingerprint density at radius 1 is 1.54 bits per heavy atom. The highest BCUT2D eigenvalue weighted by atomic mass is 32.2. The number of nitrogens with one attached hydrogen (secondary N) is 1. The Balaban J connectivity index is 4.02. The lowest BCUT2D eigenvalue weighted by molar-refractivity contribution is -0.140. The second-order valence-corrected chi connectivity index (χ2v) is 3.25. The molecule has 2 amide bonds. The van der Waals surface area contributed by atoms with Gasteiger partial charge in [0.1, 0.15) is 6.04 Å². The second-order valence-electron chi connectivity index (χ2n) is 2.22. The number of hydrogen-bond acceptors (Lipinski definition) is 4. The Morgan fingerprint density at radius 3 is 2.38 bits per heavy atom. The van der Waals surface area contributed by atoms with E-state index in [1.54, 1.807) is 0 Å². The maximum atomic E-state index is 10.5. The van der Waals surface area contributed by atoms with Crippen molar-refractivity contribution in [2.45, 2.75) is 13.0 Å². The van der Waals surface area contributed by atoms with Crippen LogP contribution in [0.1, 0.15) is 6.92 Å². The molecular formula is C6H10N2O4S. The zero-order valence-electron chi connectivity index (χ0n) is 6.94. The van der Waals surface area contributed by atoms with Crippen LogP contribution in [-0.2, 0) is 9.59 Å². The molecule has 0 heterocycles. The number of rotatable bonds is 4. The molecule has 1 unspecified atom stereocenters. The van der Waals surface area contributed by atoms with E-state index in [-0.39, 0.29) is 5.75 Å². The molecule has 0 spiro atoms. The Labute approximate surface area is 78.9 Å². The summed E-state index contributed by atoms with van der Waals surface area (Å²) in [6.45, 7) is 1.20. The summed E-state index contributed by atoms with van der Waals surface area (Å²) in [4.78, 5) is 31.3. The first-order valence-corrected chi connectivity index (χ1v) is 4.34. The van der Waals surface area contributed by atoms with Crippen molar-refractivity contribution in [1.29, 1.82) is 0 Å². The van der Waals surface area contributed by atoms with Crippen LogP contribution in [0.4, 0.5) is 4.79 Å². The van der Waals surface area contributed by atoms with Gasteiger partial charge in [-0.25, -0.2) is 4.79 Å². The Morgan fingerprint density at radius 2 is 2.08 bits per heavy atom. The van der Waals surface area contributed by atoms with E-state index in [2.05, 4.69) is 5.32 Å². The number of nitrogens with two attached hydrogens (primary N) is 1. The normalized spacial score (nSPS) is 11.8. The Hall–Kier alpha value is -1.24. The van der Waals surface area contributed by atoms with Gasteiger partial charge < -0.3 is 16.2 Å². The molecule has 4 N–H and O–H groups in total. The lowest BCUT2D eigenvalue weighted by Gasteiger charge is -2.10. The monoisotopic (exact) mass is 206 g/mol. The number of primary amides is 1. The molecule has 7 heteroatoms. The van der Waals surface area contributed by atoms with Gasteiger partial charge in [-0.1, -0.05) is 11.8 Å². The van der Waals surface area contributed by atoms with Gasteiger partial charge in [0, 0.05) is 12.7 Å². The highest BCUT2D eigenvalue weighted by molar-refractivity contribution is 8.13. The summed E-state index contributed by atoms with van der Waals surface area (Å²) >= 11 is 0.653. The van der Waals surface area contributed by atoms with Crippen molar-refractivity contribution < 1.29 is 19.5 Å². The minimum absolute atomic E-state index is 0.0652. The van der Waals surface area contributed by atoms with Gasteiger partial charge >= 0.3 is 5.97 Å². The summed E-state index contributed by atoms with van der Waals surface area (Å²) in [6.07, 6.45) is 0. The van der Waals surface area contributed by atoms with Crippen LogP contribution in [0, 0.1) is 0 Å². The molecule has 0 aromatic rings. The highest BCUT2D eigenvalue weighted by Gasteiger charge is 2.18. The molecule has 0 bridgehead atoms. The van der Waals surface area contributed by atoms with Crippen molar-refractivity contribution in [3.8, 4) is 0 Å². The molecule has 0 saturated carbocycles. The van der Waals surface area contributed by atoms with E-state index in [9.17, 15) is 14.4 Å². The van der Waals surface area contributed by atoms with Crippen molar-refractivity contribution in [2.24, 2.45) is 5.73 Å². The van der Waals surface area contributed by atoms with Gasteiger partial charge in [-0.05, 0) is 0 Å². The number of hydrogen-bond donors (Lipinski definition) is 3. The highest BCUT2D eigenvalue weighted by Crippen LogP contribution is 2.02. The number of carboxylic acids is 1. The average Bonchev–Trinajstić information content (AvgIpc) is 1.96. The lowest BCUT2D eigenvalue weighted by atomic mass is 10.3. The van der Waals surface area contributed by atoms with E-state index in [4.69, 9.17) is 10.8 Å². The molecule has 13 heavy (non-hydrogen) atoms. The minimum Gasteiger partial charge on any atom is -0.480 e. The van der Waals surface area contributed by atoms with Crippen LogP contribution in [0.3, 0.4) is 0 Å². The van der Waals surface area contributed by atoms with Gasteiger partial charge in [-0.2, -0.15) is 0 Å². The van der Waals surface area contributed by atoms with Crippen molar-refractivity contribution in [1.82, 2.24) is 5.32 Å². The van der Waals surface area contributed by atoms with E-state index in [1.807, 2.05) is 0 Å². The number of carboxylic acid groups (broad SMARTS) is 1. The molecular weight excluding hydrogens is 196 g/mol. The van der Waals surface area contributed by atoms with Gasteiger partial charge in [0.15, 0.2) is 0 Å². The fraction of sp³-hybridized carbons (Fsp3) is 0.500. The predicted octanol–water partition coefficient (Wildman–Crippen LogP) is -0.612. The van der Waals surface area contributed by atoms with Crippen LogP contribution in [0.5, 0.6) is 0 Å². The third-order valence-electron chi connectivity index (χ3n) is 1.07. The first-order valence-electron chi connectivity index (χ1n) is 3.35. The van der Waals surface area contributed by atoms with Crippen molar-refractivity contribution in [3.63, 3.8) is 0 Å². The third-order valence-corrected chi connectivity index (χ3v) is 1.85. The van der Waals surface area contributed by atoms with Crippen molar-refractivity contribution in [2.75, 3.05) is 5.75 Å². The molecule has 6 nitrogen and oxygen atoms in total. The molecule has 0 aliphatic rings. The fourth-order valence-electron chi connectivity index (χ4n) is 0.586. The zero-order valence-corrected chi connectivity index (χ0v) is 7.76. The van der Waals surface area contributed by atoms with Crippen molar-refractivity contribution in [3.05, 3.63) is 0 Å². The topological polar surface area (TPSA) is 109 Å². The summed E-state index contributed by atoms with van der Waals surface area (Å²) in [5.41, 5.74) is 4.79. The van der Waals surface area contributed by atoms with E-state index < -0.39 is 23.2 Å². The van der Waals surface area contributed by atoms with E-state index in [0.29, 0.717) is 11.8 Å². The summed E-state index contributed by atoms with van der Waals surface area (Å²) in [7, 11) is 0. The minimum atomic E-state index is -1.19. The zero-order chi connectivity index (χ0) is 10.4. The quantitative estimate of drug-likeness (QED) is 0.568. The fourth-order valence-corrected chi connectivity index (χ4v) is 1.14. The molecule has 0 radical (unpaired) electrons. The van der Waals surface area contributed by atoms with Gasteiger partial charge in [-0.3, -0.25) is 9.59 Å². The van der Waals surface area contributed by atoms with Gasteiger partial charge in [0.25, 0.3) is 5.24 Å². The third kappa shape index (κ3) is 5.97. The largest absolute Gasteiger partial charge is 0.480 e. The summed E-state index contributed by atoms with van der Waals surface area (Å²) in [5, 5.41) is 10.1. The van der Waals surface area contributed by atoms with Crippen LogP contribution >= 0.6 is 11.8 Å². The molecule has 0 aliphatic heterocycles. The van der Waals surface area contributed by atoms with Crippen LogP contribution in [0.25, 0.3) is 0 Å². The standard InChI is InChI=1S/C6H10N2O4S/c1-3(9)8-4(5(10)11)2-13-6(7)12/h4H,2H2,1H3,(H2,7,12)(H,8,9)(H,10,11). The SMILES string of the molecule is CC(=O)NC(CSC(N)=O)C(=O)O. The molecule has 0 saturated heterocycles. The molecule has 1 atom stereocenters. The summed E-state index contributed by atoms with van der Waals surface area (Å²) < 4.78 is 0. The first-order chi connectivity index (χ1) is 5.93. The molecule has 0 aliphatic carbocycles. The Bertz CT molecular complexity index is 231. The van der Waals surface area contributed by atoms with Gasteiger partial charge in [-0.15, -0.1) is 0 Å². The number of aliphatic carboxylic acids is 1. The maximum Gasteiger partial charge on any atom is 0.327 e. The number of thioether (sulfide) groups is 1. The van der Waals surface area contributed by atoms with Crippen LogP contribution in [-0.4, -0.2) is 34.0 Å². The summed E-state index contributed by atoms with van der Waals surface area (Å²) in [5.74, 6) is -1.72. The lowest BCUT2D eigenvalue weighted by Crippen LogP contribution is -2.41. The van der Waals surface area contributed by atoms with Gasteiger partial charge in [0.2, 0.25) is 5.91 Å². The Kier molecular flexibility index (Phi) is 4.90. The molecule has 0 aromatic heterocycles.